The number of hydrogen-bond donors (Lipinski definition) is 1. The van der Waals surface area contributed by atoms with Crippen molar-refractivity contribution >= 4 is 0 Å². The predicted molar refractivity (Wildman–Crippen MR) is 60.2 cm³/mol. The molecule has 0 atom stereocenters. The Morgan fingerprint density at radius 3 is 2.50 bits per heavy atom. The fourth-order valence-electron chi connectivity index (χ4n) is 2.11. The molecule has 0 aromatic carbocycles. The summed E-state index contributed by atoms with van der Waals surface area (Å²) >= 11 is 0. The van der Waals surface area contributed by atoms with Crippen LogP contribution < -0.4 is 5.73 Å². The van der Waals surface area contributed by atoms with Crippen LogP contribution in [0.5, 0.6) is 0 Å². The highest BCUT2D eigenvalue weighted by Gasteiger charge is 2.27. The first-order valence-corrected chi connectivity index (χ1v) is 5.39. The van der Waals surface area contributed by atoms with Gasteiger partial charge in [-0.3, -0.25) is 4.98 Å². The molecule has 2 heteroatoms. The number of pyridine rings is 1. The van der Waals surface area contributed by atoms with E-state index in [1.165, 1.54) is 5.56 Å². The number of hydrogen-bond acceptors (Lipinski definition) is 2. The van der Waals surface area contributed by atoms with E-state index in [1.807, 2.05) is 18.5 Å². The van der Waals surface area contributed by atoms with Crippen LogP contribution in [-0.2, 0) is 5.41 Å². The molecule has 0 aliphatic rings. The molecule has 1 rings (SSSR count). The van der Waals surface area contributed by atoms with Crippen molar-refractivity contribution in [1.82, 2.24) is 4.98 Å². The molecule has 14 heavy (non-hydrogen) atoms. The van der Waals surface area contributed by atoms with E-state index in [9.17, 15) is 0 Å². The van der Waals surface area contributed by atoms with Crippen molar-refractivity contribution in [2.45, 2.75) is 38.5 Å². The summed E-state index contributed by atoms with van der Waals surface area (Å²) in [4.78, 5) is 4.19. The fraction of sp³-hybridized carbons (Fsp3) is 0.583. The van der Waals surface area contributed by atoms with Gasteiger partial charge in [0, 0.05) is 12.4 Å². The summed E-state index contributed by atoms with van der Waals surface area (Å²) in [6.07, 6.45) is 7.11. The van der Waals surface area contributed by atoms with Gasteiger partial charge < -0.3 is 5.73 Å². The van der Waals surface area contributed by atoms with Gasteiger partial charge in [0.15, 0.2) is 0 Å². The molecule has 1 heterocycles. The van der Waals surface area contributed by atoms with Gasteiger partial charge in [-0.05, 0) is 42.9 Å². The second-order valence-electron chi connectivity index (χ2n) is 3.77. The number of aromatic nitrogens is 1. The SMILES string of the molecule is CCC(CC)(CCN)c1cccnc1. The van der Waals surface area contributed by atoms with Gasteiger partial charge in [-0.15, -0.1) is 0 Å². The average Bonchev–Trinajstić information content (AvgIpc) is 2.27. The Kier molecular flexibility index (Phi) is 4.08. The summed E-state index contributed by atoms with van der Waals surface area (Å²) in [5, 5.41) is 0. The number of rotatable bonds is 5. The van der Waals surface area contributed by atoms with E-state index in [-0.39, 0.29) is 5.41 Å². The van der Waals surface area contributed by atoms with Crippen molar-refractivity contribution in [2.75, 3.05) is 6.54 Å². The quantitative estimate of drug-likeness (QED) is 0.778. The average molecular weight is 192 g/mol. The topological polar surface area (TPSA) is 38.9 Å². The summed E-state index contributed by atoms with van der Waals surface area (Å²) < 4.78 is 0. The Labute approximate surface area is 86.5 Å². The summed E-state index contributed by atoms with van der Waals surface area (Å²) in [6.45, 7) is 5.20. The van der Waals surface area contributed by atoms with Crippen molar-refractivity contribution in [3.8, 4) is 0 Å². The molecule has 0 amide bonds. The predicted octanol–water partition coefficient (Wildman–Crippen LogP) is 2.49. The van der Waals surface area contributed by atoms with E-state index in [0.717, 1.165) is 25.8 Å². The standard InChI is InChI=1S/C12H20N2/c1-3-12(4-2,7-8-13)11-6-5-9-14-10-11/h5-6,9-10H,3-4,7-8,13H2,1-2H3. The van der Waals surface area contributed by atoms with E-state index in [2.05, 4.69) is 24.9 Å². The van der Waals surface area contributed by atoms with Gasteiger partial charge in [-0.2, -0.15) is 0 Å². The minimum absolute atomic E-state index is 0.239. The highest BCUT2D eigenvalue weighted by molar-refractivity contribution is 5.21. The summed E-state index contributed by atoms with van der Waals surface area (Å²) in [6, 6.07) is 4.17. The molecule has 0 spiro atoms. The summed E-state index contributed by atoms with van der Waals surface area (Å²) in [7, 11) is 0. The van der Waals surface area contributed by atoms with Gasteiger partial charge in [0.1, 0.15) is 0 Å². The van der Waals surface area contributed by atoms with E-state index < -0.39 is 0 Å². The van der Waals surface area contributed by atoms with Crippen LogP contribution in [0.25, 0.3) is 0 Å². The first-order chi connectivity index (χ1) is 6.79. The Morgan fingerprint density at radius 1 is 1.36 bits per heavy atom. The third-order valence-corrected chi connectivity index (χ3v) is 3.25. The smallest absolute Gasteiger partial charge is 0.0305 e. The molecule has 1 aromatic heterocycles. The molecule has 2 N–H and O–H groups in total. The molecule has 0 radical (unpaired) electrons. The molecule has 0 saturated carbocycles. The zero-order valence-electron chi connectivity index (χ0n) is 9.16. The van der Waals surface area contributed by atoms with Gasteiger partial charge >= 0.3 is 0 Å². The van der Waals surface area contributed by atoms with Crippen LogP contribution in [0.3, 0.4) is 0 Å². The lowest BCUT2D eigenvalue weighted by molar-refractivity contribution is 0.370. The van der Waals surface area contributed by atoms with Crippen LogP contribution in [0.1, 0.15) is 38.7 Å². The van der Waals surface area contributed by atoms with Crippen molar-refractivity contribution in [2.24, 2.45) is 5.73 Å². The highest BCUT2D eigenvalue weighted by Crippen LogP contribution is 2.33. The molecule has 0 bridgehead atoms. The lowest BCUT2D eigenvalue weighted by Crippen LogP contribution is -2.27. The Balaban J connectivity index is 2.98. The normalized spacial score (nSPS) is 11.6. The van der Waals surface area contributed by atoms with Crippen LogP contribution >= 0.6 is 0 Å². The van der Waals surface area contributed by atoms with Crippen LogP contribution in [-0.4, -0.2) is 11.5 Å². The lowest BCUT2D eigenvalue weighted by Gasteiger charge is -2.31. The van der Waals surface area contributed by atoms with E-state index in [0.29, 0.717) is 0 Å². The van der Waals surface area contributed by atoms with Crippen molar-refractivity contribution in [3.63, 3.8) is 0 Å². The third-order valence-electron chi connectivity index (χ3n) is 3.25. The maximum Gasteiger partial charge on any atom is 0.0305 e. The second kappa shape index (κ2) is 5.11. The molecule has 0 aliphatic heterocycles. The van der Waals surface area contributed by atoms with Gasteiger partial charge in [0.25, 0.3) is 0 Å². The van der Waals surface area contributed by atoms with E-state index >= 15 is 0 Å². The van der Waals surface area contributed by atoms with Crippen molar-refractivity contribution in [1.29, 1.82) is 0 Å². The summed E-state index contributed by atoms with van der Waals surface area (Å²) in [5.74, 6) is 0. The zero-order chi connectivity index (χ0) is 10.4. The zero-order valence-corrected chi connectivity index (χ0v) is 9.16. The molecule has 2 nitrogen and oxygen atoms in total. The Bertz CT molecular complexity index is 252. The van der Waals surface area contributed by atoms with E-state index in [4.69, 9.17) is 5.73 Å². The monoisotopic (exact) mass is 192 g/mol. The van der Waals surface area contributed by atoms with Crippen molar-refractivity contribution < 1.29 is 0 Å². The second-order valence-corrected chi connectivity index (χ2v) is 3.77. The lowest BCUT2D eigenvalue weighted by atomic mass is 9.74. The minimum Gasteiger partial charge on any atom is -0.330 e. The molecular formula is C12H20N2. The van der Waals surface area contributed by atoms with Gasteiger partial charge in [-0.25, -0.2) is 0 Å². The molecule has 0 aliphatic carbocycles. The Morgan fingerprint density at radius 2 is 2.07 bits per heavy atom. The van der Waals surface area contributed by atoms with Crippen LogP contribution in [0, 0.1) is 0 Å². The highest BCUT2D eigenvalue weighted by atomic mass is 14.6. The third kappa shape index (κ3) is 2.13. The molecule has 0 unspecified atom stereocenters. The van der Waals surface area contributed by atoms with Gasteiger partial charge in [-0.1, -0.05) is 19.9 Å². The maximum atomic E-state index is 5.68. The van der Waals surface area contributed by atoms with Crippen molar-refractivity contribution in [3.05, 3.63) is 30.1 Å². The summed E-state index contributed by atoms with van der Waals surface area (Å²) in [5.41, 5.74) is 7.25. The van der Waals surface area contributed by atoms with E-state index in [1.54, 1.807) is 0 Å². The largest absolute Gasteiger partial charge is 0.330 e. The first-order valence-electron chi connectivity index (χ1n) is 5.39. The Hall–Kier alpha value is -0.890. The first kappa shape index (κ1) is 11.2. The van der Waals surface area contributed by atoms with Crippen LogP contribution in [0.4, 0.5) is 0 Å². The minimum atomic E-state index is 0.239. The molecule has 78 valence electrons. The molecule has 1 aromatic rings. The maximum absolute atomic E-state index is 5.68. The molecular weight excluding hydrogens is 172 g/mol. The molecule has 0 fully saturated rings. The number of nitrogens with two attached hydrogens (primary N) is 1. The molecule has 0 saturated heterocycles. The fourth-order valence-corrected chi connectivity index (χ4v) is 2.11. The van der Waals surface area contributed by atoms with Crippen LogP contribution in [0.15, 0.2) is 24.5 Å². The van der Waals surface area contributed by atoms with Gasteiger partial charge in [0.05, 0.1) is 0 Å². The van der Waals surface area contributed by atoms with Crippen LogP contribution in [0.2, 0.25) is 0 Å². The van der Waals surface area contributed by atoms with Gasteiger partial charge in [0.2, 0.25) is 0 Å². The number of nitrogens with zero attached hydrogens (tertiary/aromatic N) is 1.